The zero-order valence-electron chi connectivity index (χ0n) is 18.2. The molecule has 0 radical (unpaired) electrons. The first-order chi connectivity index (χ1) is 13.3. The summed E-state index contributed by atoms with van der Waals surface area (Å²) < 4.78 is 0. The van der Waals surface area contributed by atoms with Crippen LogP contribution < -0.4 is 0 Å². The highest BCUT2D eigenvalue weighted by Crippen LogP contribution is 2.39. The number of hydrogen-bond acceptors (Lipinski definition) is 0. The molecular formula is C27H44. The Hall–Kier alpha value is -0.780. The van der Waals surface area contributed by atoms with Gasteiger partial charge in [0.2, 0.25) is 0 Å². The smallest absolute Gasteiger partial charge is 0.0162 e. The predicted molar refractivity (Wildman–Crippen MR) is 120 cm³/mol. The summed E-state index contributed by atoms with van der Waals surface area (Å²) in [5.41, 5.74) is 3.24. The van der Waals surface area contributed by atoms with Crippen molar-refractivity contribution in [3.8, 4) is 0 Å². The van der Waals surface area contributed by atoms with E-state index in [1.807, 2.05) is 0 Å². The van der Waals surface area contributed by atoms with Crippen molar-refractivity contribution >= 4 is 0 Å². The molecule has 152 valence electrons. The average molecular weight is 369 g/mol. The molecule has 0 aromatic heterocycles. The quantitative estimate of drug-likeness (QED) is 0.381. The molecule has 0 N–H and O–H groups in total. The molecule has 0 amide bonds. The SMILES string of the molecule is CCCCCCCCC1CCC(c2ccc(C3CCC(C)CC3)cc2)CC1. The van der Waals surface area contributed by atoms with Crippen LogP contribution in [0.25, 0.3) is 0 Å². The summed E-state index contributed by atoms with van der Waals surface area (Å²) in [6, 6.07) is 9.90. The van der Waals surface area contributed by atoms with Gasteiger partial charge in [0.15, 0.2) is 0 Å². The first-order valence-corrected chi connectivity index (χ1v) is 12.4. The lowest BCUT2D eigenvalue weighted by Crippen LogP contribution is -2.14. The fraction of sp³-hybridized carbons (Fsp3) is 0.778. The second-order valence-electron chi connectivity index (χ2n) is 9.90. The van der Waals surface area contributed by atoms with E-state index >= 15 is 0 Å². The summed E-state index contributed by atoms with van der Waals surface area (Å²) >= 11 is 0. The summed E-state index contributed by atoms with van der Waals surface area (Å²) in [4.78, 5) is 0. The van der Waals surface area contributed by atoms with E-state index < -0.39 is 0 Å². The van der Waals surface area contributed by atoms with Crippen LogP contribution in [0.2, 0.25) is 0 Å². The van der Waals surface area contributed by atoms with Crippen molar-refractivity contribution in [3.63, 3.8) is 0 Å². The molecule has 2 aliphatic rings. The van der Waals surface area contributed by atoms with Crippen molar-refractivity contribution in [2.75, 3.05) is 0 Å². The van der Waals surface area contributed by atoms with E-state index in [1.165, 1.54) is 96.3 Å². The molecule has 2 saturated carbocycles. The van der Waals surface area contributed by atoms with Gasteiger partial charge in [-0.05, 0) is 73.3 Å². The summed E-state index contributed by atoms with van der Waals surface area (Å²) in [5, 5.41) is 0. The first-order valence-electron chi connectivity index (χ1n) is 12.4. The maximum absolute atomic E-state index is 2.48. The molecule has 0 heteroatoms. The van der Waals surface area contributed by atoms with Gasteiger partial charge in [0.25, 0.3) is 0 Å². The molecule has 3 rings (SSSR count). The minimum atomic E-state index is 0.836. The summed E-state index contributed by atoms with van der Waals surface area (Å²) in [6.45, 7) is 4.73. The lowest BCUT2D eigenvalue weighted by molar-refractivity contribution is 0.301. The Morgan fingerprint density at radius 1 is 0.630 bits per heavy atom. The molecule has 2 aliphatic carbocycles. The molecule has 0 bridgehead atoms. The van der Waals surface area contributed by atoms with E-state index in [-0.39, 0.29) is 0 Å². The number of hydrogen-bond donors (Lipinski definition) is 0. The Kier molecular flexibility index (Phi) is 8.75. The second-order valence-corrected chi connectivity index (χ2v) is 9.90. The molecule has 1 aromatic carbocycles. The van der Waals surface area contributed by atoms with Gasteiger partial charge in [-0.3, -0.25) is 0 Å². The summed E-state index contributed by atoms with van der Waals surface area (Å²) in [5.74, 6) is 3.65. The highest BCUT2D eigenvalue weighted by Gasteiger charge is 2.23. The van der Waals surface area contributed by atoms with Gasteiger partial charge in [-0.1, -0.05) is 95.9 Å². The molecule has 0 unspecified atom stereocenters. The second kappa shape index (κ2) is 11.3. The molecule has 0 saturated heterocycles. The van der Waals surface area contributed by atoms with Gasteiger partial charge >= 0.3 is 0 Å². The minimum absolute atomic E-state index is 0.836. The van der Waals surface area contributed by atoms with Crippen molar-refractivity contribution < 1.29 is 0 Å². The molecule has 0 aliphatic heterocycles. The van der Waals surface area contributed by atoms with Crippen LogP contribution in [-0.2, 0) is 0 Å². The van der Waals surface area contributed by atoms with Gasteiger partial charge in [-0.2, -0.15) is 0 Å². The monoisotopic (exact) mass is 368 g/mol. The minimum Gasteiger partial charge on any atom is -0.0654 e. The molecule has 0 heterocycles. The van der Waals surface area contributed by atoms with Crippen LogP contribution in [0.5, 0.6) is 0 Å². The van der Waals surface area contributed by atoms with Gasteiger partial charge in [0.05, 0.1) is 0 Å². The maximum Gasteiger partial charge on any atom is -0.0162 e. The van der Waals surface area contributed by atoms with Gasteiger partial charge in [-0.15, -0.1) is 0 Å². The fourth-order valence-electron chi connectivity index (χ4n) is 5.63. The third-order valence-electron chi connectivity index (χ3n) is 7.71. The van der Waals surface area contributed by atoms with Crippen LogP contribution in [0.3, 0.4) is 0 Å². The van der Waals surface area contributed by atoms with Crippen LogP contribution >= 0.6 is 0 Å². The molecule has 27 heavy (non-hydrogen) atoms. The molecule has 2 fully saturated rings. The third kappa shape index (κ3) is 6.65. The summed E-state index contributed by atoms with van der Waals surface area (Å²) in [6.07, 6.45) is 21.7. The van der Waals surface area contributed by atoms with E-state index in [2.05, 4.69) is 38.1 Å². The Morgan fingerprint density at radius 2 is 1.11 bits per heavy atom. The Labute approximate surface area is 169 Å². The zero-order valence-corrected chi connectivity index (χ0v) is 18.2. The number of rotatable bonds is 9. The Morgan fingerprint density at radius 3 is 1.67 bits per heavy atom. The standard InChI is InChI=1S/C27H44/c1-3-4-5-6-7-8-9-23-12-16-25(17-13-23)27-20-18-26(19-21-27)24-14-10-22(2)11-15-24/h18-25H,3-17H2,1-2H3. The van der Waals surface area contributed by atoms with Crippen LogP contribution in [-0.4, -0.2) is 0 Å². The average Bonchev–Trinajstić information content (AvgIpc) is 2.72. The lowest BCUT2D eigenvalue weighted by atomic mass is 9.76. The maximum atomic E-state index is 2.48. The molecule has 1 aromatic rings. The van der Waals surface area contributed by atoms with Crippen molar-refractivity contribution in [2.45, 2.75) is 122 Å². The van der Waals surface area contributed by atoms with E-state index in [0.29, 0.717) is 0 Å². The number of unbranched alkanes of at least 4 members (excludes halogenated alkanes) is 5. The fourth-order valence-corrected chi connectivity index (χ4v) is 5.63. The predicted octanol–water partition coefficient (Wildman–Crippen LogP) is 9.00. The van der Waals surface area contributed by atoms with Crippen LogP contribution in [0, 0.1) is 11.8 Å². The number of benzene rings is 1. The lowest BCUT2D eigenvalue weighted by Gasteiger charge is -2.30. The van der Waals surface area contributed by atoms with Crippen LogP contribution in [0.15, 0.2) is 24.3 Å². The van der Waals surface area contributed by atoms with E-state index in [0.717, 1.165) is 23.7 Å². The molecule has 0 nitrogen and oxygen atoms in total. The topological polar surface area (TPSA) is 0 Å². The van der Waals surface area contributed by atoms with Crippen molar-refractivity contribution in [1.29, 1.82) is 0 Å². The van der Waals surface area contributed by atoms with E-state index in [1.54, 1.807) is 11.1 Å². The molecular weight excluding hydrogens is 324 g/mol. The summed E-state index contributed by atoms with van der Waals surface area (Å²) in [7, 11) is 0. The molecule has 0 spiro atoms. The van der Waals surface area contributed by atoms with Crippen molar-refractivity contribution in [3.05, 3.63) is 35.4 Å². The van der Waals surface area contributed by atoms with Crippen LogP contribution in [0.4, 0.5) is 0 Å². The van der Waals surface area contributed by atoms with Crippen molar-refractivity contribution in [2.24, 2.45) is 11.8 Å². The third-order valence-corrected chi connectivity index (χ3v) is 7.71. The van der Waals surface area contributed by atoms with Gasteiger partial charge < -0.3 is 0 Å². The molecule has 0 atom stereocenters. The largest absolute Gasteiger partial charge is 0.0654 e. The van der Waals surface area contributed by atoms with Crippen LogP contribution in [0.1, 0.15) is 133 Å². The Balaban J connectivity index is 1.37. The van der Waals surface area contributed by atoms with Gasteiger partial charge in [-0.25, -0.2) is 0 Å². The zero-order chi connectivity index (χ0) is 18.9. The van der Waals surface area contributed by atoms with Gasteiger partial charge in [0.1, 0.15) is 0 Å². The van der Waals surface area contributed by atoms with E-state index in [4.69, 9.17) is 0 Å². The first kappa shape index (κ1) is 20.9. The highest BCUT2D eigenvalue weighted by atomic mass is 14.3. The van der Waals surface area contributed by atoms with E-state index in [9.17, 15) is 0 Å². The highest BCUT2D eigenvalue weighted by molar-refractivity contribution is 5.28. The van der Waals surface area contributed by atoms with Gasteiger partial charge in [0, 0.05) is 0 Å². The van der Waals surface area contributed by atoms with Crippen molar-refractivity contribution in [1.82, 2.24) is 0 Å². The Bertz CT molecular complexity index is 497. The normalized spacial score (nSPS) is 29.0.